The molecule has 0 aromatic carbocycles. The Morgan fingerprint density at radius 1 is 1.58 bits per heavy atom. The van der Waals surface area contributed by atoms with Crippen molar-refractivity contribution < 1.29 is 0 Å². The molecule has 1 aromatic heterocycles. The third-order valence-electron chi connectivity index (χ3n) is 2.29. The van der Waals surface area contributed by atoms with Gasteiger partial charge in [-0.1, -0.05) is 6.42 Å². The SMILES string of the molecule is Cc1ncc(C2CCCCN2)s1. The molecule has 3 heteroatoms. The summed E-state index contributed by atoms with van der Waals surface area (Å²) in [7, 11) is 0. The molecule has 0 amide bonds. The van der Waals surface area contributed by atoms with Crippen LogP contribution in [0.2, 0.25) is 0 Å². The van der Waals surface area contributed by atoms with Crippen LogP contribution in [0.1, 0.15) is 35.2 Å². The Morgan fingerprint density at radius 3 is 3.08 bits per heavy atom. The van der Waals surface area contributed by atoms with E-state index in [0.29, 0.717) is 6.04 Å². The molecule has 0 radical (unpaired) electrons. The minimum absolute atomic E-state index is 0.588. The molecular weight excluding hydrogens is 168 g/mol. The molecule has 66 valence electrons. The summed E-state index contributed by atoms with van der Waals surface area (Å²) in [6, 6.07) is 0.588. The Kier molecular flexibility index (Phi) is 2.42. The van der Waals surface area contributed by atoms with E-state index in [1.54, 1.807) is 0 Å². The zero-order valence-electron chi connectivity index (χ0n) is 7.34. The van der Waals surface area contributed by atoms with E-state index in [9.17, 15) is 0 Å². The summed E-state index contributed by atoms with van der Waals surface area (Å²) in [4.78, 5) is 5.68. The lowest BCUT2D eigenvalue weighted by Crippen LogP contribution is -2.25. The predicted molar refractivity (Wildman–Crippen MR) is 51.4 cm³/mol. The van der Waals surface area contributed by atoms with E-state index in [1.165, 1.54) is 35.7 Å². The van der Waals surface area contributed by atoms with Gasteiger partial charge in [-0.2, -0.15) is 0 Å². The van der Waals surface area contributed by atoms with Crippen molar-refractivity contribution in [2.45, 2.75) is 32.2 Å². The first kappa shape index (κ1) is 8.20. The maximum atomic E-state index is 4.27. The van der Waals surface area contributed by atoms with Gasteiger partial charge in [-0.3, -0.25) is 0 Å². The van der Waals surface area contributed by atoms with Crippen molar-refractivity contribution in [3.05, 3.63) is 16.1 Å². The molecule has 1 saturated heterocycles. The molecule has 1 fully saturated rings. The zero-order chi connectivity index (χ0) is 8.39. The van der Waals surface area contributed by atoms with Crippen molar-refractivity contribution in [1.29, 1.82) is 0 Å². The lowest BCUT2D eigenvalue weighted by Gasteiger charge is -2.21. The maximum Gasteiger partial charge on any atom is 0.0897 e. The second-order valence-corrected chi connectivity index (χ2v) is 4.55. The Balaban J connectivity index is 2.08. The Morgan fingerprint density at radius 2 is 2.50 bits per heavy atom. The van der Waals surface area contributed by atoms with Gasteiger partial charge in [0.25, 0.3) is 0 Å². The summed E-state index contributed by atoms with van der Waals surface area (Å²) >= 11 is 1.82. The third kappa shape index (κ3) is 1.67. The lowest BCUT2D eigenvalue weighted by molar-refractivity contribution is 0.417. The number of piperidine rings is 1. The molecule has 0 bridgehead atoms. The van der Waals surface area contributed by atoms with E-state index in [1.807, 2.05) is 17.5 Å². The zero-order valence-corrected chi connectivity index (χ0v) is 8.16. The van der Waals surface area contributed by atoms with Gasteiger partial charge in [0.15, 0.2) is 0 Å². The first-order chi connectivity index (χ1) is 5.86. The fourth-order valence-corrected chi connectivity index (χ4v) is 2.53. The molecule has 12 heavy (non-hydrogen) atoms. The van der Waals surface area contributed by atoms with Gasteiger partial charge in [-0.15, -0.1) is 11.3 Å². The number of aryl methyl sites for hydroxylation is 1. The number of aromatic nitrogens is 1. The summed E-state index contributed by atoms with van der Waals surface area (Å²) in [5, 5.41) is 4.70. The first-order valence-corrected chi connectivity index (χ1v) is 5.33. The highest BCUT2D eigenvalue weighted by atomic mass is 32.1. The van der Waals surface area contributed by atoms with Crippen molar-refractivity contribution in [3.63, 3.8) is 0 Å². The van der Waals surface area contributed by atoms with Crippen LogP contribution < -0.4 is 5.32 Å². The van der Waals surface area contributed by atoms with Gasteiger partial charge in [0.1, 0.15) is 0 Å². The molecule has 1 atom stereocenters. The normalized spacial score (nSPS) is 24.2. The molecule has 1 aliphatic rings. The largest absolute Gasteiger partial charge is 0.309 e. The highest BCUT2D eigenvalue weighted by molar-refractivity contribution is 7.11. The fourth-order valence-electron chi connectivity index (χ4n) is 1.63. The topological polar surface area (TPSA) is 24.9 Å². The number of rotatable bonds is 1. The lowest BCUT2D eigenvalue weighted by atomic mass is 10.0. The third-order valence-corrected chi connectivity index (χ3v) is 3.32. The molecule has 2 rings (SSSR count). The van der Waals surface area contributed by atoms with Crippen LogP contribution in [0.5, 0.6) is 0 Å². The quantitative estimate of drug-likeness (QED) is 0.720. The van der Waals surface area contributed by atoms with Gasteiger partial charge in [0.2, 0.25) is 0 Å². The number of hydrogen-bond acceptors (Lipinski definition) is 3. The molecule has 0 spiro atoms. The van der Waals surface area contributed by atoms with Gasteiger partial charge in [0, 0.05) is 17.1 Å². The first-order valence-electron chi connectivity index (χ1n) is 4.52. The molecule has 1 N–H and O–H groups in total. The van der Waals surface area contributed by atoms with Crippen LogP contribution in [0.3, 0.4) is 0 Å². The highest BCUT2D eigenvalue weighted by Gasteiger charge is 2.16. The van der Waals surface area contributed by atoms with Crippen molar-refractivity contribution in [2.24, 2.45) is 0 Å². The van der Waals surface area contributed by atoms with Crippen molar-refractivity contribution in [2.75, 3.05) is 6.54 Å². The van der Waals surface area contributed by atoms with Crippen LogP contribution in [0.15, 0.2) is 6.20 Å². The van der Waals surface area contributed by atoms with E-state index < -0.39 is 0 Å². The van der Waals surface area contributed by atoms with Crippen LogP contribution in [0.25, 0.3) is 0 Å². The minimum Gasteiger partial charge on any atom is -0.309 e. The molecular formula is C9H14N2S. The van der Waals surface area contributed by atoms with Gasteiger partial charge in [-0.25, -0.2) is 4.98 Å². The van der Waals surface area contributed by atoms with E-state index >= 15 is 0 Å². The van der Waals surface area contributed by atoms with Crippen molar-refractivity contribution >= 4 is 11.3 Å². The van der Waals surface area contributed by atoms with Crippen molar-refractivity contribution in [1.82, 2.24) is 10.3 Å². The Bertz CT molecular complexity index is 251. The number of hydrogen-bond donors (Lipinski definition) is 1. The highest BCUT2D eigenvalue weighted by Crippen LogP contribution is 2.26. The second-order valence-electron chi connectivity index (χ2n) is 3.28. The number of nitrogens with one attached hydrogen (secondary N) is 1. The average molecular weight is 182 g/mol. The Labute approximate surface area is 77.0 Å². The monoisotopic (exact) mass is 182 g/mol. The summed E-state index contributed by atoms with van der Waals surface area (Å²) in [5.41, 5.74) is 0. The molecule has 1 aliphatic heterocycles. The van der Waals surface area contributed by atoms with Crippen LogP contribution in [0, 0.1) is 6.92 Å². The molecule has 2 heterocycles. The fraction of sp³-hybridized carbons (Fsp3) is 0.667. The summed E-state index contributed by atoms with van der Waals surface area (Å²) in [6.07, 6.45) is 5.98. The second kappa shape index (κ2) is 3.54. The van der Waals surface area contributed by atoms with Crippen LogP contribution in [-0.2, 0) is 0 Å². The van der Waals surface area contributed by atoms with E-state index in [-0.39, 0.29) is 0 Å². The molecule has 0 saturated carbocycles. The average Bonchev–Trinajstić information content (AvgIpc) is 2.54. The molecule has 0 aliphatic carbocycles. The van der Waals surface area contributed by atoms with Gasteiger partial charge >= 0.3 is 0 Å². The van der Waals surface area contributed by atoms with Gasteiger partial charge in [0.05, 0.1) is 5.01 Å². The van der Waals surface area contributed by atoms with E-state index in [2.05, 4.69) is 17.2 Å². The van der Waals surface area contributed by atoms with E-state index in [4.69, 9.17) is 0 Å². The smallest absolute Gasteiger partial charge is 0.0897 e. The minimum atomic E-state index is 0.588. The Hall–Kier alpha value is -0.410. The number of thiazole rings is 1. The molecule has 1 unspecified atom stereocenters. The standard InChI is InChI=1S/C9H14N2S/c1-7-11-6-9(12-7)8-4-2-3-5-10-8/h6,8,10H,2-5H2,1H3. The summed E-state index contributed by atoms with van der Waals surface area (Å²) < 4.78 is 0. The van der Waals surface area contributed by atoms with Gasteiger partial charge in [-0.05, 0) is 26.3 Å². The van der Waals surface area contributed by atoms with Crippen LogP contribution >= 0.6 is 11.3 Å². The maximum absolute atomic E-state index is 4.27. The van der Waals surface area contributed by atoms with Crippen LogP contribution in [0.4, 0.5) is 0 Å². The molecule has 1 aromatic rings. The van der Waals surface area contributed by atoms with Crippen LogP contribution in [-0.4, -0.2) is 11.5 Å². The number of nitrogens with zero attached hydrogens (tertiary/aromatic N) is 1. The summed E-state index contributed by atoms with van der Waals surface area (Å²) in [6.45, 7) is 3.23. The predicted octanol–water partition coefficient (Wildman–Crippen LogP) is 2.27. The van der Waals surface area contributed by atoms with Gasteiger partial charge < -0.3 is 5.32 Å². The summed E-state index contributed by atoms with van der Waals surface area (Å²) in [5.74, 6) is 0. The molecule has 2 nitrogen and oxygen atoms in total. The van der Waals surface area contributed by atoms with E-state index in [0.717, 1.165) is 0 Å². The van der Waals surface area contributed by atoms with Crippen molar-refractivity contribution in [3.8, 4) is 0 Å².